The van der Waals surface area contributed by atoms with E-state index in [-0.39, 0.29) is 31.1 Å². The largest absolute Gasteiger partial charge is 0.462 e. The first-order valence-electron chi connectivity index (χ1n) is 28.3. The number of unbranched alkanes of at least 4 members (excludes halogenated alkanes) is 30. The zero-order valence-corrected chi connectivity index (χ0v) is 43.7. The lowest BCUT2D eigenvalue weighted by atomic mass is 10.1. The van der Waals surface area contributed by atoms with Crippen molar-refractivity contribution in [3.63, 3.8) is 0 Å². The van der Waals surface area contributed by atoms with Crippen LogP contribution in [0.5, 0.6) is 0 Å². The fourth-order valence-corrected chi connectivity index (χ4v) is 7.98. The van der Waals surface area contributed by atoms with Crippen molar-refractivity contribution in [1.29, 1.82) is 0 Å². The molecule has 0 aliphatic rings. The number of rotatable bonds is 51. The van der Waals surface area contributed by atoms with Crippen LogP contribution in [0.2, 0.25) is 0 Å². The summed E-state index contributed by atoms with van der Waals surface area (Å²) in [5.41, 5.74) is 0. The van der Waals surface area contributed by atoms with Gasteiger partial charge < -0.3 is 14.2 Å². The molecule has 0 aliphatic heterocycles. The lowest BCUT2D eigenvalue weighted by Gasteiger charge is -2.18. The highest BCUT2D eigenvalue weighted by Gasteiger charge is 2.19. The molecule has 0 heterocycles. The van der Waals surface area contributed by atoms with Crippen molar-refractivity contribution in [3.8, 4) is 0 Å². The zero-order valence-electron chi connectivity index (χ0n) is 43.7. The fraction of sp³-hybridized carbons (Fsp3) is 0.783. The van der Waals surface area contributed by atoms with E-state index in [0.717, 1.165) is 103 Å². The highest BCUT2D eigenvalue weighted by Crippen LogP contribution is 2.15. The Labute approximate surface area is 409 Å². The number of carbonyl (C=O) groups is 3. The molecule has 0 radical (unpaired) electrons. The molecule has 382 valence electrons. The molecule has 0 N–H and O–H groups in total. The Balaban J connectivity index is 4.41. The molecule has 1 unspecified atom stereocenters. The minimum atomic E-state index is -0.786. The molecule has 66 heavy (non-hydrogen) atoms. The molecule has 6 nitrogen and oxygen atoms in total. The monoisotopic (exact) mass is 923 g/mol. The van der Waals surface area contributed by atoms with Crippen LogP contribution in [0.25, 0.3) is 0 Å². The fourth-order valence-electron chi connectivity index (χ4n) is 7.98. The molecule has 0 aromatic heterocycles. The van der Waals surface area contributed by atoms with E-state index in [1.165, 1.54) is 141 Å². The van der Waals surface area contributed by atoms with Crippen molar-refractivity contribution in [2.24, 2.45) is 0 Å². The van der Waals surface area contributed by atoms with Gasteiger partial charge in [0.15, 0.2) is 6.10 Å². The first kappa shape index (κ1) is 63.1. The third-order valence-corrected chi connectivity index (χ3v) is 12.2. The minimum Gasteiger partial charge on any atom is -0.462 e. The van der Waals surface area contributed by atoms with E-state index in [1.54, 1.807) is 0 Å². The normalized spacial score (nSPS) is 12.5. The molecule has 0 rings (SSSR count). The van der Waals surface area contributed by atoms with Gasteiger partial charge in [-0.05, 0) is 103 Å². The van der Waals surface area contributed by atoms with Gasteiger partial charge >= 0.3 is 17.9 Å². The van der Waals surface area contributed by atoms with Crippen molar-refractivity contribution < 1.29 is 28.6 Å². The van der Waals surface area contributed by atoms with Crippen LogP contribution >= 0.6 is 0 Å². The van der Waals surface area contributed by atoms with Gasteiger partial charge in [0.25, 0.3) is 0 Å². The van der Waals surface area contributed by atoms with E-state index in [9.17, 15) is 14.4 Å². The third kappa shape index (κ3) is 52.1. The maximum Gasteiger partial charge on any atom is 0.306 e. The zero-order chi connectivity index (χ0) is 47.9. The van der Waals surface area contributed by atoms with Crippen LogP contribution in [0.4, 0.5) is 0 Å². The van der Waals surface area contributed by atoms with Crippen molar-refractivity contribution in [2.45, 2.75) is 290 Å². The molecule has 0 amide bonds. The van der Waals surface area contributed by atoms with Crippen LogP contribution in [0.3, 0.4) is 0 Å². The Morgan fingerprint density at radius 2 is 0.591 bits per heavy atom. The van der Waals surface area contributed by atoms with E-state index in [1.807, 2.05) is 0 Å². The van der Waals surface area contributed by atoms with E-state index in [4.69, 9.17) is 14.2 Å². The van der Waals surface area contributed by atoms with Crippen molar-refractivity contribution in [1.82, 2.24) is 0 Å². The van der Waals surface area contributed by atoms with E-state index < -0.39 is 6.10 Å². The van der Waals surface area contributed by atoms with Gasteiger partial charge in [-0.2, -0.15) is 0 Å². The summed E-state index contributed by atoms with van der Waals surface area (Å²) in [6.07, 6.45) is 67.7. The summed E-state index contributed by atoms with van der Waals surface area (Å²) in [6.45, 7) is 6.52. The minimum absolute atomic E-state index is 0.0841. The summed E-state index contributed by atoms with van der Waals surface area (Å²) >= 11 is 0. The molecule has 6 heteroatoms. The van der Waals surface area contributed by atoms with Crippen molar-refractivity contribution in [3.05, 3.63) is 60.8 Å². The van der Waals surface area contributed by atoms with Gasteiger partial charge in [0, 0.05) is 19.3 Å². The van der Waals surface area contributed by atoms with Gasteiger partial charge in [-0.3, -0.25) is 14.4 Å². The maximum atomic E-state index is 12.8. The summed E-state index contributed by atoms with van der Waals surface area (Å²) in [6, 6.07) is 0. The molecular weight excluding hydrogens is 817 g/mol. The molecule has 0 aliphatic carbocycles. The summed E-state index contributed by atoms with van der Waals surface area (Å²) in [4.78, 5) is 38.1. The quantitative estimate of drug-likeness (QED) is 0.0262. The van der Waals surface area contributed by atoms with Gasteiger partial charge in [-0.15, -0.1) is 0 Å². The number of hydrogen-bond donors (Lipinski definition) is 0. The first-order valence-corrected chi connectivity index (χ1v) is 28.3. The van der Waals surface area contributed by atoms with E-state index in [0.29, 0.717) is 19.3 Å². The van der Waals surface area contributed by atoms with Crippen LogP contribution in [0.15, 0.2) is 60.8 Å². The topological polar surface area (TPSA) is 78.9 Å². The van der Waals surface area contributed by atoms with E-state index in [2.05, 4.69) is 81.5 Å². The number of hydrogen-bond acceptors (Lipinski definition) is 6. The molecule has 0 spiro atoms. The number of esters is 3. The van der Waals surface area contributed by atoms with Gasteiger partial charge in [-0.1, -0.05) is 223 Å². The Morgan fingerprint density at radius 3 is 0.939 bits per heavy atom. The Kier molecular flexibility index (Phi) is 52.3. The lowest BCUT2D eigenvalue weighted by Crippen LogP contribution is -2.30. The average Bonchev–Trinajstić information content (AvgIpc) is 3.31. The molecule has 0 bridgehead atoms. The van der Waals surface area contributed by atoms with Gasteiger partial charge in [0.05, 0.1) is 0 Å². The van der Waals surface area contributed by atoms with Gasteiger partial charge in [0.1, 0.15) is 13.2 Å². The number of carbonyl (C=O) groups excluding carboxylic acids is 3. The first-order chi connectivity index (χ1) is 32.5. The summed E-state index contributed by atoms with van der Waals surface area (Å²) in [7, 11) is 0. The summed E-state index contributed by atoms with van der Waals surface area (Å²) < 4.78 is 16.8. The molecule has 0 saturated heterocycles. The highest BCUT2D eigenvalue weighted by molar-refractivity contribution is 5.71. The molecule has 0 saturated carbocycles. The molecule has 1 atom stereocenters. The van der Waals surface area contributed by atoms with Crippen molar-refractivity contribution in [2.75, 3.05) is 13.2 Å². The summed E-state index contributed by atoms with van der Waals surface area (Å²) in [5, 5.41) is 0. The number of ether oxygens (including phenoxy) is 3. The average molecular weight is 924 g/mol. The maximum absolute atomic E-state index is 12.8. The number of allylic oxidation sites excluding steroid dienone is 10. The second-order valence-corrected chi connectivity index (χ2v) is 18.8. The second-order valence-electron chi connectivity index (χ2n) is 18.8. The van der Waals surface area contributed by atoms with Gasteiger partial charge in [-0.25, -0.2) is 0 Å². The van der Waals surface area contributed by atoms with Gasteiger partial charge in [0.2, 0.25) is 0 Å². The lowest BCUT2D eigenvalue weighted by molar-refractivity contribution is -0.167. The molecular formula is C60H106O6. The Bertz CT molecular complexity index is 1200. The SMILES string of the molecule is CC/C=C\C/C=C\C/C=C\CCCCCCCCCC(=O)OCC(COC(=O)CCCCCCC/C=C\CCCCCCCC)OC(=O)CCCCCCC/C=C\CCCCCCCCC. The van der Waals surface area contributed by atoms with Crippen LogP contribution in [0, 0.1) is 0 Å². The van der Waals surface area contributed by atoms with E-state index >= 15 is 0 Å². The Hall–Kier alpha value is -2.89. The second kappa shape index (κ2) is 54.7. The highest BCUT2D eigenvalue weighted by atomic mass is 16.6. The van der Waals surface area contributed by atoms with Crippen LogP contribution < -0.4 is 0 Å². The standard InChI is InChI=1S/C60H106O6/c1-4-7-10-13-16-19-22-25-28-30-33-35-38-41-44-47-50-53-59(62)65-56-57(55-64-58(61)52-49-46-43-40-37-34-31-27-24-21-18-15-12-9-6-3)66-60(63)54-51-48-45-42-39-36-32-29-26-23-20-17-14-11-8-5-2/h7,10,16,19,25,27-29,31-32,57H,4-6,8-9,11-15,17-18,20-24,26,30,33-56H2,1-3H3/b10-7-,19-16-,28-25-,31-27-,32-29-. The third-order valence-electron chi connectivity index (χ3n) is 12.2. The molecule has 0 fully saturated rings. The van der Waals surface area contributed by atoms with Crippen molar-refractivity contribution >= 4 is 17.9 Å². The molecule has 0 aromatic carbocycles. The molecule has 0 aromatic rings. The summed E-state index contributed by atoms with van der Waals surface area (Å²) in [5.74, 6) is -0.901. The van der Waals surface area contributed by atoms with Crippen LogP contribution in [-0.2, 0) is 28.6 Å². The predicted molar refractivity (Wildman–Crippen MR) is 284 cm³/mol. The van der Waals surface area contributed by atoms with Crippen LogP contribution in [0.1, 0.15) is 284 Å². The smallest absolute Gasteiger partial charge is 0.306 e. The Morgan fingerprint density at radius 1 is 0.318 bits per heavy atom. The predicted octanol–water partition coefficient (Wildman–Crippen LogP) is 18.8. The van der Waals surface area contributed by atoms with Crippen LogP contribution in [-0.4, -0.2) is 37.2 Å².